The third-order valence-electron chi connectivity index (χ3n) is 3.02. The Balaban J connectivity index is 1.76. The maximum absolute atomic E-state index is 5.46. The number of hydroxylamine groups is 1. The fourth-order valence-electron chi connectivity index (χ4n) is 2.11. The van der Waals surface area contributed by atoms with Crippen molar-refractivity contribution in [2.45, 2.75) is 10.9 Å². The summed E-state index contributed by atoms with van der Waals surface area (Å²) in [6, 6.07) is 21.6. The summed E-state index contributed by atoms with van der Waals surface area (Å²) in [5.41, 5.74) is 4.48. The van der Waals surface area contributed by atoms with E-state index >= 15 is 0 Å². The first-order valence-electron chi connectivity index (χ1n) is 6.07. The van der Waals surface area contributed by atoms with E-state index in [9.17, 15) is 0 Å². The Hall–Kier alpha value is -1.12. The summed E-state index contributed by atoms with van der Waals surface area (Å²) in [7, 11) is 0. The van der Waals surface area contributed by atoms with Gasteiger partial charge in [0.25, 0.3) is 0 Å². The molecule has 1 saturated heterocycles. The number of hydrogen-bond donors (Lipinski definition) is 1. The molecule has 92 valence electrons. The van der Waals surface area contributed by atoms with E-state index in [1.54, 1.807) is 0 Å². The van der Waals surface area contributed by atoms with Crippen molar-refractivity contribution in [3.05, 3.63) is 66.2 Å². The first kappa shape index (κ1) is 11.9. The van der Waals surface area contributed by atoms with Gasteiger partial charge in [-0.2, -0.15) is 0 Å². The summed E-state index contributed by atoms with van der Waals surface area (Å²) in [5, 5.41) is 0. The Morgan fingerprint density at radius 3 is 2.33 bits per heavy atom. The SMILES string of the molecule is c1ccc([Se][C@@H]2CON[C@H]2c2ccccc2)cc1. The van der Waals surface area contributed by atoms with Gasteiger partial charge in [0.1, 0.15) is 0 Å². The molecule has 1 fully saturated rings. The van der Waals surface area contributed by atoms with Crippen molar-refractivity contribution in [3.8, 4) is 0 Å². The molecule has 2 atom stereocenters. The Bertz CT molecular complexity index is 488. The van der Waals surface area contributed by atoms with E-state index in [-0.39, 0.29) is 0 Å². The maximum atomic E-state index is 5.46. The van der Waals surface area contributed by atoms with Gasteiger partial charge in [0.05, 0.1) is 0 Å². The molecule has 1 heterocycles. The molecule has 3 rings (SSSR count). The van der Waals surface area contributed by atoms with Gasteiger partial charge >= 0.3 is 113 Å². The van der Waals surface area contributed by atoms with Crippen molar-refractivity contribution in [1.82, 2.24) is 5.48 Å². The number of hydrogen-bond acceptors (Lipinski definition) is 2. The Kier molecular flexibility index (Phi) is 3.77. The van der Waals surface area contributed by atoms with E-state index in [0.717, 1.165) is 6.61 Å². The van der Waals surface area contributed by atoms with Crippen LogP contribution in [-0.4, -0.2) is 21.6 Å². The molecule has 0 amide bonds. The van der Waals surface area contributed by atoms with E-state index in [4.69, 9.17) is 4.84 Å². The average molecular weight is 304 g/mol. The van der Waals surface area contributed by atoms with Crippen LogP contribution in [0.1, 0.15) is 11.6 Å². The van der Waals surface area contributed by atoms with Crippen LogP contribution in [0, 0.1) is 0 Å². The van der Waals surface area contributed by atoms with Crippen LogP contribution >= 0.6 is 0 Å². The second-order valence-corrected chi connectivity index (χ2v) is 7.04. The Labute approximate surface area is 113 Å². The minimum atomic E-state index is 0.325. The summed E-state index contributed by atoms with van der Waals surface area (Å²) in [6.07, 6.45) is 0. The molecular weight excluding hydrogens is 289 g/mol. The summed E-state index contributed by atoms with van der Waals surface area (Å²) in [5.74, 6) is 0. The third kappa shape index (κ3) is 2.65. The van der Waals surface area contributed by atoms with Crippen molar-refractivity contribution in [2.24, 2.45) is 0 Å². The monoisotopic (exact) mass is 305 g/mol. The molecule has 18 heavy (non-hydrogen) atoms. The van der Waals surface area contributed by atoms with Crippen molar-refractivity contribution in [2.75, 3.05) is 6.61 Å². The number of benzene rings is 2. The van der Waals surface area contributed by atoms with Crippen LogP contribution in [0.15, 0.2) is 60.7 Å². The normalized spacial score (nSPS) is 23.1. The molecule has 1 N–H and O–H groups in total. The predicted molar refractivity (Wildman–Crippen MR) is 73.9 cm³/mol. The Morgan fingerprint density at radius 2 is 1.61 bits per heavy atom. The zero-order chi connectivity index (χ0) is 12.2. The second-order valence-electron chi connectivity index (χ2n) is 4.29. The molecule has 0 spiro atoms. The predicted octanol–water partition coefficient (Wildman–Crippen LogP) is 2.08. The number of rotatable bonds is 3. The summed E-state index contributed by atoms with van der Waals surface area (Å²) in [6.45, 7) is 0.800. The molecule has 2 nitrogen and oxygen atoms in total. The van der Waals surface area contributed by atoms with Crippen LogP contribution in [-0.2, 0) is 4.84 Å². The molecule has 1 aliphatic heterocycles. The molecule has 0 aromatic heterocycles. The van der Waals surface area contributed by atoms with Crippen molar-refractivity contribution >= 4 is 19.4 Å². The van der Waals surface area contributed by atoms with Crippen LogP contribution in [0.3, 0.4) is 0 Å². The minimum absolute atomic E-state index is 0.325. The first-order chi connectivity index (χ1) is 8.93. The molecule has 1 aliphatic rings. The van der Waals surface area contributed by atoms with Crippen molar-refractivity contribution < 1.29 is 4.84 Å². The molecule has 0 radical (unpaired) electrons. The third-order valence-corrected chi connectivity index (χ3v) is 5.65. The summed E-state index contributed by atoms with van der Waals surface area (Å²) < 4.78 is 1.43. The van der Waals surface area contributed by atoms with Gasteiger partial charge in [-0.15, -0.1) is 0 Å². The summed E-state index contributed by atoms with van der Waals surface area (Å²) in [4.78, 5) is 6.02. The first-order valence-corrected chi connectivity index (χ1v) is 7.92. The van der Waals surface area contributed by atoms with E-state index < -0.39 is 0 Å². The average Bonchev–Trinajstić information content (AvgIpc) is 2.89. The van der Waals surface area contributed by atoms with E-state index in [1.807, 2.05) is 0 Å². The van der Waals surface area contributed by atoms with Crippen LogP contribution in [0.5, 0.6) is 0 Å². The second kappa shape index (κ2) is 5.68. The van der Waals surface area contributed by atoms with Crippen LogP contribution in [0.4, 0.5) is 0 Å². The topological polar surface area (TPSA) is 21.3 Å². The molecular formula is C15H15NOSe. The standard InChI is InChI=1S/C15H15NOSe/c1-3-7-12(8-4-1)15-14(11-17-16-15)18-13-9-5-2-6-10-13/h1-10,14-16H,11H2/t14-,15+/m1/s1. The molecule has 3 heteroatoms. The van der Waals surface area contributed by atoms with Gasteiger partial charge in [-0.05, 0) is 0 Å². The van der Waals surface area contributed by atoms with Crippen LogP contribution in [0.2, 0.25) is 4.82 Å². The van der Waals surface area contributed by atoms with Gasteiger partial charge < -0.3 is 0 Å². The zero-order valence-corrected chi connectivity index (χ0v) is 11.7. The van der Waals surface area contributed by atoms with Gasteiger partial charge in [-0.1, -0.05) is 0 Å². The van der Waals surface area contributed by atoms with Crippen molar-refractivity contribution in [1.29, 1.82) is 0 Å². The van der Waals surface area contributed by atoms with E-state index in [0.29, 0.717) is 25.8 Å². The molecule has 2 aromatic carbocycles. The molecule has 0 bridgehead atoms. The van der Waals surface area contributed by atoms with Gasteiger partial charge in [-0.3, -0.25) is 0 Å². The van der Waals surface area contributed by atoms with Gasteiger partial charge in [0, 0.05) is 0 Å². The van der Waals surface area contributed by atoms with Crippen LogP contribution < -0.4 is 9.94 Å². The fraction of sp³-hybridized carbons (Fsp3) is 0.200. The van der Waals surface area contributed by atoms with Gasteiger partial charge in [0.15, 0.2) is 0 Å². The van der Waals surface area contributed by atoms with Gasteiger partial charge in [-0.25, -0.2) is 0 Å². The molecule has 0 aliphatic carbocycles. The fourth-order valence-corrected chi connectivity index (χ4v) is 4.52. The van der Waals surface area contributed by atoms with Gasteiger partial charge in [0.2, 0.25) is 0 Å². The quantitative estimate of drug-likeness (QED) is 0.877. The van der Waals surface area contributed by atoms with E-state index in [2.05, 4.69) is 66.1 Å². The van der Waals surface area contributed by atoms with Crippen LogP contribution in [0.25, 0.3) is 0 Å². The van der Waals surface area contributed by atoms with E-state index in [1.165, 1.54) is 10.0 Å². The number of nitrogens with one attached hydrogen (secondary N) is 1. The summed E-state index contributed by atoms with van der Waals surface area (Å²) >= 11 is 0.436. The zero-order valence-electron chi connectivity index (χ0n) is 9.95. The van der Waals surface area contributed by atoms with Crippen molar-refractivity contribution in [3.63, 3.8) is 0 Å². The molecule has 2 aromatic rings. The molecule has 0 unspecified atom stereocenters. The Morgan fingerprint density at radius 1 is 0.944 bits per heavy atom. The molecule has 0 saturated carbocycles.